The third-order valence-corrected chi connectivity index (χ3v) is 4.59. The molecular weight excluding hydrogens is 348 g/mol. The predicted octanol–water partition coefficient (Wildman–Crippen LogP) is 4.30. The van der Waals surface area contributed by atoms with Gasteiger partial charge in [-0.05, 0) is 42.0 Å². The number of carbonyl (C=O) groups excluding carboxylic acids is 1. The minimum atomic E-state index is -0.0762. The highest BCUT2D eigenvalue weighted by molar-refractivity contribution is 9.10. The molecule has 0 fully saturated rings. The Hall–Kier alpha value is -1.72. The zero-order valence-corrected chi connectivity index (χ0v) is 13.8. The van der Waals surface area contributed by atoms with Gasteiger partial charge in [0.25, 0.3) is 5.91 Å². The number of amides is 1. The molecule has 21 heavy (non-hydrogen) atoms. The van der Waals surface area contributed by atoms with Crippen molar-refractivity contribution in [2.75, 3.05) is 0 Å². The van der Waals surface area contributed by atoms with E-state index in [0.29, 0.717) is 12.1 Å². The molecule has 0 saturated carbocycles. The SMILES string of the molecule is Cc1csc(CNC(=O)c2ccc3cc(Br)ccc3c2)n1. The Morgan fingerprint density at radius 2 is 2.00 bits per heavy atom. The van der Waals surface area contributed by atoms with Crippen LogP contribution in [0.3, 0.4) is 0 Å². The van der Waals surface area contributed by atoms with Crippen LogP contribution in [0.4, 0.5) is 0 Å². The molecule has 0 aliphatic heterocycles. The first-order chi connectivity index (χ1) is 10.1. The van der Waals surface area contributed by atoms with Crippen LogP contribution in [0.1, 0.15) is 21.1 Å². The topological polar surface area (TPSA) is 42.0 Å². The largest absolute Gasteiger partial charge is 0.346 e. The number of halogens is 1. The third kappa shape index (κ3) is 3.31. The summed E-state index contributed by atoms with van der Waals surface area (Å²) >= 11 is 5.01. The molecule has 1 amide bonds. The standard InChI is InChI=1S/C16H13BrN2OS/c1-10-9-21-15(19-10)8-18-16(20)13-3-2-12-7-14(17)5-4-11(12)6-13/h2-7,9H,8H2,1H3,(H,18,20). The second-order valence-electron chi connectivity index (χ2n) is 4.77. The fraction of sp³-hybridized carbons (Fsp3) is 0.125. The van der Waals surface area contributed by atoms with Gasteiger partial charge in [-0.15, -0.1) is 11.3 Å². The van der Waals surface area contributed by atoms with E-state index in [-0.39, 0.29) is 5.91 Å². The maximum Gasteiger partial charge on any atom is 0.251 e. The highest BCUT2D eigenvalue weighted by Crippen LogP contribution is 2.21. The molecule has 0 spiro atoms. The molecule has 0 bridgehead atoms. The minimum absolute atomic E-state index is 0.0762. The van der Waals surface area contributed by atoms with Crippen molar-refractivity contribution in [2.45, 2.75) is 13.5 Å². The number of aromatic nitrogens is 1. The molecule has 0 saturated heterocycles. The Balaban J connectivity index is 1.76. The Morgan fingerprint density at radius 1 is 1.24 bits per heavy atom. The summed E-state index contributed by atoms with van der Waals surface area (Å²) in [6, 6.07) is 11.7. The monoisotopic (exact) mass is 360 g/mol. The van der Waals surface area contributed by atoms with Crippen molar-refractivity contribution in [1.29, 1.82) is 0 Å². The number of carbonyl (C=O) groups is 1. The van der Waals surface area contributed by atoms with E-state index in [9.17, 15) is 4.79 Å². The van der Waals surface area contributed by atoms with Crippen LogP contribution >= 0.6 is 27.3 Å². The maximum absolute atomic E-state index is 12.2. The molecule has 0 unspecified atom stereocenters. The third-order valence-electron chi connectivity index (χ3n) is 3.13. The Morgan fingerprint density at radius 3 is 2.76 bits per heavy atom. The van der Waals surface area contributed by atoms with Crippen molar-refractivity contribution < 1.29 is 4.79 Å². The van der Waals surface area contributed by atoms with E-state index >= 15 is 0 Å². The molecule has 0 atom stereocenters. The second kappa shape index (κ2) is 5.95. The summed E-state index contributed by atoms with van der Waals surface area (Å²) in [6.07, 6.45) is 0. The van der Waals surface area contributed by atoms with E-state index in [1.54, 1.807) is 11.3 Å². The van der Waals surface area contributed by atoms with Crippen LogP contribution in [-0.4, -0.2) is 10.9 Å². The molecule has 3 aromatic rings. The Labute approximate surface area is 135 Å². The van der Waals surface area contributed by atoms with Gasteiger partial charge in [0, 0.05) is 21.1 Å². The van der Waals surface area contributed by atoms with E-state index in [0.717, 1.165) is 25.9 Å². The van der Waals surface area contributed by atoms with Crippen LogP contribution in [0.15, 0.2) is 46.3 Å². The van der Waals surface area contributed by atoms with Crippen molar-refractivity contribution in [2.24, 2.45) is 0 Å². The molecule has 5 heteroatoms. The molecule has 1 heterocycles. The van der Waals surface area contributed by atoms with Gasteiger partial charge in [-0.25, -0.2) is 4.98 Å². The highest BCUT2D eigenvalue weighted by atomic mass is 79.9. The minimum Gasteiger partial charge on any atom is -0.346 e. The Bertz CT molecular complexity index is 813. The predicted molar refractivity (Wildman–Crippen MR) is 89.7 cm³/mol. The van der Waals surface area contributed by atoms with Crippen LogP contribution in [0.2, 0.25) is 0 Å². The average Bonchev–Trinajstić information content (AvgIpc) is 2.90. The van der Waals surface area contributed by atoms with Gasteiger partial charge >= 0.3 is 0 Å². The van der Waals surface area contributed by atoms with Gasteiger partial charge in [0.15, 0.2) is 0 Å². The van der Waals surface area contributed by atoms with E-state index in [1.165, 1.54) is 0 Å². The van der Waals surface area contributed by atoms with E-state index in [4.69, 9.17) is 0 Å². The summed E-state index contributed by atoms with van der Waals surface area (Å²) in [6.45, 7) is 2.42. The number of hydrogen-bond acceptors (Lipinski definition) is 3. The number of nitrogens with zero attached hydrogens (tertiary/aromatic N) is 1. The lowest BCUT2D eigenvalue weighted by molar-refractivity contribution is 0.0951. The summed E-state index contributed by atoms with van der Waals surface area (Å²) in [5, 5.41) is 7.97. The summed E-state index contributed by atoms with van der Waals surface area (Å²) in [5.74, 6) is -0.0762. The molecule has 106 valence electrons. The van der Waals surface area contributed by atoms with Crippen LogP contribution < -0.4 is 5.32 Å². The van der Waals surface area contributed by atoms with Crippen LogP contribution in [0.5, 0.6) is 0 Å². The van der Waals surface area contributed by atoms with Gasteiger partial charge in [-0.2, -0.15) is 0 Å². The van der Waals surface area contributed by atoms with Crippen LogP contribution in [0.25, 0.3) is 10.8 Å². The lowest BCUT2D eigenvalue weighted by Crippen LogP contribution is -2.22. The molecule has 0 aliphatic rings. The molecule has 0 radical (unpaired) electrons. The number of fused-ring (bicyclic) bond motifs is 1. The maximum atomic E-state index is 12.2. The summed E-state index contributed by atoms with van der Waals surface area (Å²) in [7, 11) is 0. The zero-order valence-electron chi connectivity index (χ0n) is 11.4. The lowest BCUT2D eigenvalue weighted by Gasteiger charge is -2.05. The van der Waals surface area contributed by atoms with Crippen molar-refractivity contribution >= 4 is 43.9 Å². The normalized spacial score (nSPS) is 10.8. The van der Waals surface area contributed by atoms with Gasteiger partial charge in [-0.1, -0.05) is 28.1 Å². The van der Waals surface area contributed by atoms with Gasteiger partial charge < -0.3 is 5.32 Å². The van der Waals surface area contributed by atoms with Crippen LogP contribution in [-0.2, 0) is 6.54 Å². The molecule has 1 N–H and O–H groups in total. The van der Waals surface area contributed by atoms with Crippen molar-refractivity contribution in [3.63, 3.8) is 0 Å². The average molecular weight is 361 g/mol. The molecule has 3 rings (SSSR count). The van der Waals surface area contributed by atoms with Gasteiger partial charge in [0.1, 0.15) is 5.01 Å². The highest BCUT2D eigenvalue weighted by Gasteiger charge is 2.07. The van der Waals surface area contributed by atoms with E-state index in [1.807, 2.05) is 48.7 Å². The number of rotatable bonds is 3. The number of hydrogen-bond donors (Lipinski definition) is 1. The lowest BCUT2D eigenvalue weighted by atomic mass is 10.1. The summed E-state index contributed by atoms with van der Waals surface area (Å²) < 4.78 is 1.03. The Kier molecular flexibility index (Phi) is 4.03. The zero-order chi connectivity index (χ0) is 14.8. The summed E-state index contributed by atoms with van der Waals surface area (Å²) in [4.78, 5) is 16.5. The van der Waals surface area contributed by atoms with Crippen molar-refractivity contribution in [3.05, 3.63) is 62.5 Å². The van der Waals surface area contributed by atoms with Gasteiger partial charge in [0.2, 0.25) is 0 Å². The first-order valence-corrected chi connectivity index (χ1v) is 8.17. The fourth-order valence-electron chi connectivity index (χ4n) is 2.10. The first kappa shape index (κ1) is 14.2. The number of nitrogens with one attached hydrogen (secondary N) is 1. The number of benzene rings is 2. The quantitative estimate of drug-likeness (QED) is 0.756. The smallest absolute Gasteiger partial charge is 0.251 e. The second-order valence-corrected chi connectivity index (χ2v) is 6.63. The summed E-state index contributed by atoms with van der Waals surface area (Å²) in [5.41, 5.74) is 1.65. The molecule has 2 aromatic carbocycles. The van der Waals surface area contributed by atoms with Gasteiger partial charge in [0.05, 0.1) is 6.54 Å². The van der Waals surface area contributed by atoms with Crippen LogP contribution in [0, 0.1) is 6.92 Å². The van der Waals surface area contributed by atoms with Crippen molar-refractivity contribution in [1.82, 2.24) is 10.3 Å². The molecule has 0 aliphatic carbocycles. The molecule has 1 aromatic heterocycles. The van der Waals surface area contributed by atoms with Gasteiger partial charge in [-0.3, -0.25) is 4.79 Å². The van der Waals surface area contributed by atoms with E-state index < -0.39 is 0 Å². The molecular formula is C16H13BrN2OS. The number of aryl methyl sites for hydroxylation is 1. The number of thiazole rings is 1. The molecule has 3 nitrogen and oxygen atoms in total. The van der Waals surface area contributed by atoms with E-state index in [2.05, 4.69) is 26.2 Å². The van der Waals surface area contributed by atoms with Crippen molar-refractivity contribution in [3.8, 4) is 0 Å². The first-order valence-electron chi connectivity index (χ1n) is 6.50. The fourth-order valence-corrected chi connectivity index (χ4v) is 3.19.